The number of piperidine rings is 1. The van der Waals surface area contributed by atoms with E-state index in [1.54, 1.807) is 11.2 Å². The summed E-state index contributed by atoms with van der Waals surface area (Å²) in [5.41, 5.74) is 0.761. The van der Waals surface area contributed by atoms with Gasteiger partial charge in [-0.1, -0.05) is 13.8 Å². The molecule has 0 aliphatic carbocycles. The van der Waals surface area contributed by atoms with Gasteiger partial charge in [0.15, 0.2) is 0 Å². The fourth-order valence-corrected chi connectivity index (χ4v) is 5.03. The Morgan fingerprint density at radius 2 is 2.21 bits per heavy atom. The first-order valence-electron chi connectivity index (χ1n) is 9.59. The minimum atomic E-state index is -3.44. The lowest BCUT2D eigenvalue weighted by Gasteiger charge is -2.41. The van der Waals surface area contributed by atoms with Crippen molar-refractivity contribution in [2.45, 2.75) is 32.7 Å². The van der Waals surface area contributed by atoms with E-state index in [4.69, 9.17) is 0 Å². The van der Waals surface area contributed by atoms with Gasteiger partial charge in [0, 0.05) is 45.3 Å². The molecule has 0 saturated carbocycles. The first-order chi connectivity index (χ1) is 13.3. The monoisotopic (exact) mass is 408 g/mol. The van der Waals surface area contributed by atoms with Crippen LogP contribution in [0.5, 0.6) is 0 Å². The maximum Gasteiger partial charge on any atom is 0.219 e. The van der Waals surface area contributed by atoms with E-state index in [9.17, 15) is 13.2 Å². The Bertz CT molecular complexity index is 928. The minimum Gasteiger partial charge on any atom is -0.355 e. The molecule has 3 rings (SSSR count). The van der Waals surface area contributed by atoms with Crippen LogP contribution in [0.2, 0.25) is 0 Å². The van der Waals surface area contributed by atoms with Gasteiger partial charge >= 0.3 is 0 Å². The largest absolute Gasteiger partial charge is 0.355 e. The molecule has 3 heterocycles. The quantitative estimate of drug-likeness (QED) is 0.706. The maximum atomic E-state index is 12.8. The molecule has 0 spiro atoms. The van der Waals surface area contributed by atoms with Crippen LogP contribution in [0.15, 0.2) is 18.6 Å². The van der Waals surface area contributed by atoms with Crippen LogP contribution in [-0.4, -0.2) is 72.1 Å². The molecule has 2 unspecified atom stereocenters. The van der Waals surface area contributed by atoms with Gasteiger partial charge in [-0.15, -0.1) is 0 Å². The number of hydrogen-bond acceptors (Lipinski definition) is 6. The van der Waals surface area contributed by atoms with Crippen LogP contribution in [0.25, 0.3) is 11.0 Å². The number of aromatic nitrogens is 3. The fourth-order valence-electron chi connectivity index (χ4n) is 3.65. The number of anilines is 1. The Morgan fingerprint density at radius 3 is 2.96 bits per heavy atom. The van der Waals surface area contributed by atoms with Crippen molar-refractivity contribution in [2.75, 3.05) is 37.3 Å². The van der Waals surface area contributed by atoms with E-state index in [-0.39, 0.29) is 24.2 Å². The predicted octanol–water partition coefficient (Wildman–Crippen LogP) is 0.961. The predicted molar refractivity (Wildman–Crippen MR) is 109 cm³/mol. The molecule has 1 amide bonds. The van der Waals surface area contributed by atoms with E-state index in [2.05, 4.69) is 32.1 Å². The first kappa shape index (κ1) is 20.5. The molecule has 2 N–H and O–H groups in total. The van der Waals surface area contributed by atoms with Gasteiger partial charge < -0.3 is 15.2 Å². The van der Waals surface area contributed by atoms with Crippen LogP contribution in [0.1, 0.15) is 26.7 Å². The summed E-state index contributed by atoms with van der Waals surface area (Å²) in [6, 6.07) is 1.93. The number of nitrogens with one attached hydrogen (secondary N) is 2. The van der Waals surface area contributed by atoms with Crippen molar-refractivity contribution in [1.82, 2.24) is 24.6 Å². The highest BCUT2D eigenvalue weighted by atomic mass is 32.2. The van der Waals surface area contributed by atoms with E-state index < -0.39 is 10.0 Å². The second kappa shape index (κ2) is 8.44. The second-order valence-corrected chi connectivity index (χ2v) is 9.35. The van der Waals surface area contributed by atoms with Crippen molar-refractivity contribution < 1.29 is 13.2 Å². The highest BCUT2D eigenvalue weighted by Crippen LogP contribution is 2.29. The molecular weight excluding hydrogens is 380 g/mol. The van der Waals surface area contributed by atoms with Crippen molar-refractivity contribution in [3.05, 3.63) is 18.6 Å². The summed E-state index contributed by atoms with van der Waals surface area (Å²) in [4.78, 5) is 25.2. The van der Waals surface area contributed by atoms with Crippen LogP contribution in [0.3, 0.4) is 0 Å². The number of likely N-dealkylation sites (N-methyl/N-ethyl adjacent to an activating group) is 1. The summed E-state index contributed by atoms with van der Waals surface area (Å²) in [5.74, 6) is 0.885. The number of aromatic amines is 1. The molecule has 1 aliphatic heterocycles. The summed E-state index contributed by atoms with van der Waals surface area (Å²) in [6.45, 7) is 4.92. The SMILES string of the molecule is CCC(=O)NCCS(=O)(=O)N1CCC(C)C(N(C)c2ncnc3[nH]ccc23)C1. The number of nitrogens with zero attached hydrogens (tertiary/aromatic N) is 4. The highest BCUT2D eigenvalue weighted by Gasteiger charge is 2.35. The third kappa shape index (κ3) is 4.27. The molecule has 0 bridgehead atoms. The molecule has 154 valence electrons. The Hall–Kier alpha value is -2.20. The Morgan fingerprint density at radius 1 is 1.43 bits per heavy atom. The van der Waals surface area contributed by atoms with E-state index in [0.29, 0.717) is 25.4 Å². The smallest absolute Gasteiger partial charge is 0.219 e. The minimum absolute atomic E-state index is 0.00163. The van der Waals surface area contributed by atoms with Gasteiger partial charge in [0.2, 0.25) is 15.9 Å². The van der Waals surface area contributed by atoms with E-state index in [1.165, 1.54) is 6.33 Å². The number of fused-ring (bicyclic) bond motifs is 1. The normalized spacial score (nSPS) is 21.0. The summed E-state index contributed by atoms with van der Waals surface area (Å²) in [7, 11) is -1.49. The van der Waals surface area contributed by atoms with Crippen LogP contribution >= 0.6 is 0 Å². The zero-order chi connectivity index (χ0) is 20.3. The molecule has 0 radical (unpaired) electrons. The summed E-state index contributed by atoms with van der Waals surface area (Å²) >= 11 is 0. The zero-order valence-corrected chi connectivity index (χ0v) is 17.4. The molecule has 0 aromatic carbocycles. The van der Waals surface area contributed by atoms with Crippen LogP contribution in [-0.2, 0) is 14.8 Å². The molecule has 1 fully saturated rings. The Kier molecular flexibility index (Phi) is 6.19. The molecule has 2 atom stereocenters. The summed E-state index contributed by atoms with van der Waals surface area (Å²) in [5, 5.41) is 3.55. The average Bonchev–Trinajstić information content (AvgIpc) is 3.16. The molecule has 1 aliphatic rings. The van der Waals surface area contributed by atoms with Gasteiger partial charge in [0.25, 0.3) is 0 Å². The van der Waals surface area contributed by atoms with Gasteiger partial charge in [-0.3, -0.25) is 4.79 Å². The molecule has 28 heavy (non-hydrogen) atoms. The molecule has 10 heteroatoms. The highest BCUT2D eigenvalue weighted by molar-refractivity contribution is 7.89. The lowest BCUT2D eigenvalue weighted by molar-refractivity contribution is -0.120. The van der Waals surface area contributed by atoms with E-state index >= 15 is 0 Å². The number of carbonyl (C=O) groups is 1. The van der Waals surface area contributed by atoms with Gasteiger partial charge in [0.1, 0.15) is 17.8 Å². The average molecular weight is 409 g/mol. The standard InChI is InChI=1S/C18H28N6O3S/c1-4-16(25)19-8-10-28(26,27)24-9-6-13(2)15(11-24)23(3)18-14-5-7-20-17(14)21-12-22-18/h5,7,12-13,15H,4,6,8-11H2,1-3H3,(H,19,25)(H,20,21,22). The first-order valence-corrected chi connectivity index (χ1v) is 11.2. The lowest BCUT2D eigenvalue weighted by Crippen LogP contribution is -2.53. The van der Waals surface area contributed by atoms with Gasteiger partial charge in [-0.05, 0) is 18.4 Å². The molecular formula is C18H28N6O3S. The number of rotatable bonds is 7. The van der Waals surface area contributed by atoms with Crippen LogP contribution in [0, 0.1) is 5.92 Å². The van der Waals surface area contributed by atoms with Crippen molar-refractivity contribution >= 4 is 32.8 Å². The molecule has 9 nitrogen and oxygen atoms in total. The molecule has 2 aromatic rings. The van der Waals surface area contributed by atoms with Gasteiger partial charge in [-0.2, -0.15) is 4.31 Å². The third-order valence-electron chi connectivity index (χ3n) is 5.44. The summed E-state index contributed by atoms with van der Waals surface area (Å²) in [6.07, 6.45) is 4.46. The number of carbonyl (C=O) groups excluding carboxylic acids is 1. The Labute approximate surface area is 165 Å². The zero-order valence-electron chi connectivity index (χ0n) is 16.6. The van der Waals surface area contributed by atoms with Crippen molar-refractivity contribution in [1.29, 1.82) is 0 Å². The third-order valence-corrected chi connectivity index (χ3v) is 7.28. The van der Waals surface area contributed by atoms with Crippen molar-refractivity contribution in [2.24, 2.45) is 5.92 Å². The van der Waals surface area contributed by atoms with Gasteiger partial charge in [-0.25, -0.2) is 18.4 Å². The lowest BCUT2D eigenvalue weighted by atomic mass is 9.93. The van der Waals surface area contributed by atoms with Gasteiger partial charge in [0.05, 0.1) is 11.1 Å². The topological polar surface area (TPSA) is 111 Å². The number of sulfonamides is 1. The second-order valence-electron chi connectivity index (χ2n) is 7.26. The number of H-pyrrole nitrogens is 1. The van der Waals surface area contributed by atoms with Crippen molar-refractivity contribution in [3.63, 3.8) is 0 Å². The van der Waals surface area contributed by atoms with E-state index in [1.807, 2.05) is 19.3 Å². The van der Waals surface area contributed by atoms with Crippen molar-refractivity contribution in [3.8, 4) is 0 Å². The number of hydrogen-bond donors (Lipinski definition) is 2. The van der Waals surface area contributed by atoms with Crippen LogP contribution < -0.4 is 10.2 Å². The fraction of sp³-hybridized carbons (Fsp3) is 0.611. The number of amides is 1. The molecule has 2 aromatic heterocycles. The van der Waals surface area contributed by atoms with E-state index in [0.717, 1.165) is 23.3 Å². The summed E-state index contributed by atoms with van der Waals surface area (Å²) < 4.78 is 27.1. The molecule has 1 saturated heterocycles. The van der Waals surface area contributed by atoms with Crippen LogP contribution in [0.4, 0.5) is 5.82 Å². The Balaban J connectivity index is 1.73. The maximum absolute atomic E-state index is 12.8.